The second kappa shape index (κ2) is 18.8. The van der Waals surface area contributed by atoms with Gasteiger partial charge in [0.2, 0.25) is 17.7 Å². The van der Waals surface area contributed by atoms with Crippen molar-refractivity contribution in [2.45, 2.75) is 50.7 Å². The van der Waals surface area contributed by atoms with E-state index in [1.807, 2.05) is 121 Å². The SMILES string of the molecule is CCOC(=O)/C=C/[C@H](CCC(=O)NC(c1ccccc1)(c1ccccc1)c1ccccc1)NC(=O)[C@H](Cc1ccccc1)n1cccc(NC(C)=O)c1=O. The quantitative estimate of drug-likeness (QED) is 0.0642. The highest BCUT2D eigenvalue weighted by atomic mass is 16.5. The molecule has 0 saturated heterocycles. The number of nitrogens with one attached hydrogen (secondary N) is 3. The second-order valence-electron chi connectivity index (χ2n) is 12.7. The van der Waals surface area contributed by atoms with Crippen LogP contribution in [0, 0.1) is 0 Å². The predicted molar refractivity (Wildman–Crippen MR) is 208 cm³/mol. The predicted octanol–water partition coefficient (Wildman–Crippen LogP) is 6.08. The Labute approximate surface area is 314 Å². The van der Waals surface area contributed by atoms with Gasteiger partial charge in [-0.1, -0.05) is 127 Å². The number of carbonyl (C=O) groups is 4. The van der Waals surface area contributed by atoms with Gasteiger partial charge in [0, 0.05) is 38.1 Å². The van der Waals surface area contributed by atoms with Crippen LogP contribution in [0.25, 0.3) is 0 Å². The second-order valence-corrected chi connectivity index (χ2v) is 12.7. The molecular weight excluding hydrogens is 681 g/mol. The maximum absolute atomic E-state index is 14.2. The zero-order valence-electron chi connectivity index (χ0n) is 30.3. The Balaban J connectivity index is 1.46. The van der Waals surface area contributed by atoms with Crippen molar-refractivity contribution < 1.29 is 23.9 Å². The molecule has 0 spiro atoms. The topological polar surface area (TPSA) is 136 Å². The average Bonchev–Trinajstić information content (AvgIpc) is 3.19. The lowest BCUT2D eigenvalue weighted by atomic mass is 9.77. The largest absolute Gasteiger partial charge is 0.463 e. The van der Waals surface area contributed by atoms with Gasteiger partial charge in [0.1, 0.15) is 17.3 Å². The van der Waals surface area contributed by atoms with Crippen molar-refractivity contribution in [3.8, 4) is 0 Å². The minimum atomic E-state index is -1.04. The molecule has 0 radical (unpaired) electrons. The normalized spacial score (nSPS) is 12.3. The van der Waals surface area contributed by atoms with Crippen LogP contribution in [0.15, 0.2) is 157 Å². The van der Waals surface area contributed by atoms with Crippen LogP contribution in [0.3, 0.4) is 0 Å². The summed E-state index contributed by atoms with van der Waals surface area (Å²) in [4.78, 5) is 66.2. The molecule has 1 aromatic heterocycles. The van der Waals surface area contributed by atoms with Crippen LogP contribution in [0.2, 0.25) is 0 Å². The number of pyridine rings is 1. The molecule has 54 heavy (non-hydrogen) atoms. The maximum Gasteiger partial charge on any atom is 0.330 e. The maximum atomic E-state index is 14.2. The highest BCUT2D eigenvalue weighted by Gasteiger charge is 2.38. The molecule has 3 N–H and O–H groups in total. The fourth-order valence-corrected chi connectivity index (χ4v) is 6.41. The highest BCUT2D eigenvalue weighted by Crippen LogP contribution is 2.37. The molecule has 0 saturated carbocycles. The first kappa shape index (κ1) is 38.7. The zero-order valence-corrected chi connectivity index (χ0v) is 30.3. The number of aromatic nitrogens is 1. The van der Waals surface area contributed by atoms with Crippen LogP contribution < -0.4 is 21.5 Å². The molecule has 10 nitrogen and oxygen atoms in total. The molecule has 5 rings (SSSR count). The Morgan fingerprint density at radius 2 is 1.30 bits per heavy atom. The molecule has 276 valence electrons. The Kier molecular flexibility index (Phi) is 13.5. The Morgan fingerprint density at radius 3 is 1.81 bits per heavy atom. The van der Waals surface area contributed by atoms with Crippen LogP contribution in [0.1, 0.15) is 55.0 Å². The summed E-state index contributed by atoms with van der Waals surface area (Å²) in [5.41, 5.74) is 1.81. The fraction of sp³-hybridized carbons (Fsp3) is 0.205. The molecule has 4 aromatic carbocycles. The molecule has 0 bridgehead atoms. The molecular formula is C44H44N4O6. The molecule has 0 unspecified atom stereocenters. The molecule has 0 aliphatic heterocycles. The van der Waals surface area contributed by atoms with Crippen LogP contribution in [-0.2, 0) is 35.9 Å². The summed E-state index contributed by atoms with van der Waals surface area (Å²) in [6.07, 6.45) is 4.45. The van der Waals surface area contributed by atoms with E-state index in [1.54, 1.807) is 13.0 Å². The number of nitrogens with zero attached hydrogens (tertiary/aromatic N) is 1. The van der Waals surface area contributed by atoms with Crippen molar-refractivity contribution in [2.75, 3.05) is 11.9 Å². The summed E-state index contributed by atoms with van der Waals surface area (Å²) < 4.78 is 6.37. The Bertz CT molecular complexity index is 2000. The van der Waals surface area contributed by atoms with E-state index in [1.165, 1.54) is 35.9 Å². The van der Waals surface area contributed by atoms with Crippen LogP contribution >= 0.6 is 0 Å². The summed E-state index contributed by atoms with van der Waals surface area (Å²) in [6, 6.07) is 39.6. The number of amides is 3. The lowest BCUT2D eigenvalue weighted by Gasteiger charge is -2.37. The summed E-state index contributed by atoms with van der Waals surface area (Å²) in [5, 5.41) is 8.84. The van der Waals surface area contributed by atoms with Crippen LogP contribution in [0.5, 0.6) is 0 Å². The van der Waals surface area contributed by atoms with Gasteiger partial charge in [-0.3, -0.25) is 19.2 Å². The molecule has 10 heteroatoms. The molecule has 2 atom stereocenters. The van der Waals surface area contributed by atoms with Gasteiger partial charge in [-0.2, -0.15) is 0 Å². The first-order chi connectivity index (χ1) is 26.2. The first-order valence-corrected chi connectivity index (χ1v) is 17.9. The lowest BCUT2D eigenvalue weighted by Crippen LogP contribution is -2.48. The fourth-order valence-electron chi connectivity index (χ4n) is 6.41. The van der Waals surface area contributed by atoms with E-state index in [-0.39, 0.29) is 37.5 Å². The van der Waals surface area contributed by atoms with E-state index in [4.69, 9.17) is 4.74 Å². The van der Waals surface area contributed by atoms with Crippen molar-refractivity contribution >= 4 is 29.4 Å². The molecule has 1 heterocycles. The zero-order chi connectivity index (χ0) is 38.3. The van der Waals surface area contributed by atoms with Crippen LogP contribution in [-0.4, -0.2) is 40.9 Å². The third-order valence-electron chi connectivity index (χ3n) is 8.90. The Morgan fingerprint density at radius 1 is 0.759 bits per heavy atom. The minimum Gasteiger partial charge on any atom is -0.463 e. The summed E-state index contributed by atoms with van der Waals surface area (Å²) in [6.45, 7) is 3.15. The monoisotopic (exact) mass is 724 g/mol. The van der Waals surface area contributed by atoms with E-state index in [2.05, 4.69) is 16.0 Å². The highest BCUT2D eigenvalue weighted by molar-refractivity contribution is 5.88. The molecule has 0 aliphatic rings. The number of benzene rings is 4. The van der Waals surface area contributed by atoms with Gasteiger partial charge in [0.25, 0.3) is 5.56 Å². The summed E-state index contributed by atoms with van der Waals surface area (Å²) in [5.74, 6) is -1.84. The number of hydrogen-bond donors (Lipinski definition) is 3. The average molecular weight is 725 g/mol. The van der Waals surface area contributed by atoms with Gasteiger partial charge < -0.3 is 25.3 Å². The van der Waals surface area contributed by atoms with Gasteiger partial charge in [0.15, 0.2) is 0 Å². The van der Waals surface area contributed by atoms with E-state index < -0.39 is 41.0 Å². The number of esters is 1. The van der Waals surface area contributed by atoms with Gasteiger partial charge in [-0.05, 0) is 47.7 Å². The first-order valence-electron chi connectivity index (χ1n) is 17.9. The van der Waals surface area contributed by atoms with Crippen molar-refractivity contribution in [1.29, 1.82) is 0 Å². The minimum absolute atomic E-state index is 0.0324. The smallest absolute Gasteiger partial charge is 0.330 e. The number of carbonyl (C=O) groups excluding carboxylic acids is 4. The Hall–Kier alpha value is -6.55. The van der Waals surface area contributed by atoms with Crippen molar-refractivity contribution in [1.82, 2.24) is 15.2 Å². The van der Waals surface area contributed by atoms with Gasteiger partial charge in [-0.25, -0.2) is 4.79 Å². The van der Waals surface area contributed by atoms with Crippen molar-refractivity contribution in [2.24, 2.45) is 0 Å². The van der Waals surface area contributed by atoms with Gasteiger partial charge in [0.05, 0.1) is 6.61 Å². The molecule has 5 aromatic rings. The van der Waals surface area contributed by atoms with E-state index in [0.717, 1.165) is 22.3 Å². The number of hydrogen-bond acceptors (Lipinski definition) is 6. The van der Waals surface area contributed by atoms with E-state index in [9.17, 15) is 24.0 Å². The number of ether oxygens (including phenoxy) is 1. The van der Waals surface area contributed by atoms with Crippen molar-refractivity contribution in [3.05, 3.63) is 184 Å². The number of anilines is 1. The molecule has 0 aliphatic carbocycles. The molecule has 0 fully saturated rings. The third-order valence-corrected chi connectivity index (χ3v) is 8.90. The standard InChI is InChI=1S/C44H44N4O6/c1-3-54-41(51)29-27-37(46-42(52)39(31-33-17-8-4-9-18-33)48-30-16-25-38(43(48)53)45-32(2)49)26-28-40(50)47-44(34-19-10-5-11-20-34,35-21-12-6-13-22-35)36-23-14-7-15-24-36/h4-25,27,29-30,37,39H,3,26,28,31H2,1-2H3,(H,45,49)(H,46,52)(H,47,50)/b29-27+/t37-,39-/m0/s1. The van der Waals surface area contributed by atoms with E-state index >= 15 is 0 Å². The van der Waals surface area contributed by atoms with Crippen molar-refractivity contribution in [3.63, 3.8) is 0 Å². The van der Waals surface area contributed by atoms with Crippen LogP contribution in [0.4, 0.5) is 5.69 Å². The summed E-state index contributed by atoms with van der Waals surface area (Å²) in [7, 11) is 0. The molecule has 3 amide bonds. The lowest BCUT2D eigenvalue weighted by molar-refractivity contribution is -0.137. The summed E-state index contributed by atoms with van der Waals surface area (Å²) >= 11 is 0. The third kappa shape index (κ3) is 9.86. The van der Waals surface area contributed by atoms with Gasteiger partial charge in [-0.15, -0.1) is 0 Å². The number of rotatable bonds is 16. The van der Waals surface area contributed by atoms with E-state index in [0.29, 0.717) is 0 Å². The van der Waals surface area contributed by atoms with Gasteiger partial charge >= 0.3 is 5.97 Å².